The van der Waals surface area contributed by atoms with E-state index in [2.05, 4.69) is 12.6 Å². The van der Waals surface area contributed by atoms with E-state index in [1.165, 1.54) is 6.92 Å². The molecule has 0 aromatic carbocycles. The first-order valence-corrected chi connectivity index (χ1v) is 2.12. The Balaban J connectivity index is 2.99. The van der Waals surface area contributed by atoms with Crippen LogP contribution in [0.1, 0.15) is 6.92 Å². The molecule has 38 valence electrons. The first-order chi connectivity index (χ1) is 2.64. The molecule has 0 aliphatic rings. The highest BCUT2D eigenvalue weighted by atomic mass is 32.1. The molecular formula is C3H6F2S. The topological polar surface area (TPSA) is 0 Å². The maximum absolute atomic E-state index is 11.1. The van der Waals surface area contributed by atoms with Crippen molar-refractivity contribution in [1.29, 1.82) is 0 Å². The highest BCUT2D eigenvalue weighted by molar-refractivity contribution is 7.81. The summed E-state index contributed by atoms with van der Waals surface area (Å²) in [5.41, 5.74) is 0. The average molecular weight is 112 g/mol. The van der Waals surface area contributed by atoms with Crippen LogP contribution >= 0.6 is 12.6 Å². The van der Waals surface area contributed by atoms with Crippen molar-refractivity contribution < 1.29 is 8.78 Å². The predicted molar refractivity (Wildman–Crippen MR) is 24.5 cm³/mol. The fourth-order valence-electron chi connectivity index (χ4n) is 0. The molecule has 6 heavy (non-hydrogen) atoms. The third-order valence-corrected chi connectivity index (χ3v) is 0.590. The van der Waals surface area contributed by atoms with Crippen molar-refractivity contribution in [2.75, 3.05) is 0 Å². The van der Waals surface area contributed by atoms with Crippen molar-refractivity contribution in [3.05, 3.63) is 0 Å². The van der Waals surface area contributed by atoms with Gasteiger partial charge in [0.2, 0.25) is 6.43 Å². The van der Waals surface area contributed by atoms with Crippen molar-refractivity contribution in [2.45, 2.75) is 18.6 Å². The summed E-state index contributed by atoms with van der Waals surface area (Å²) in [7, 11) is 0. The van der Waals surface area contributed by atoms with E-state index in [-0.39, 0.29) is 0 Å². The van der Waals surface area contributed by atoms with Crippen LogP contribution in [-0.4, -0.2) is 11.7 Å². The zero-order valence-electron chi connectivity index (χ0n) is 3.36. The molecule has 0 aromatic heterocycles. The van der Waals surface area contributed by atoms with Crippen molar-refractivity contribution in [1.82, 2.24) is 0 Å². The van der Waals surface area contributed by atoms with Crippen LogP contribution in [0.15, 0.2) is 0 Å². The molecule has 0 aromatic rings. The summed E-state index contributed by atoms with van der Waals surface area (Å²) in [5.74, 6) is 0. The molecule has 0 nitrogen and oxygen atoms in total. The summed E-state index contributed by atoms with van der Waals surface area (Å²) < 4.78 is 22.2. The van der Waals surface area contributed by atoms with Crippen LogP contribution in [0.25, 0.3) is 0 Å². The maximum Gasteiger partial charge on any atom is 0.249 e. The SMILES string of the molecule is C[C@@H](S)C(F)F. The van der Waals surface area contributed by atoms with Gasteiger partial charge in [-0.25, -0.2) is 8.78 Å². The smallest absolute Gasteiger partial charge is 0.209 e. The fourth-order valence-corrected chi connectivity index (χ4v) is 0. The minimum atomic E-state index is -2.28. The number of hydrogen-bond acceptors (Lipinski definition) is 1. The number of alkyl halides is 2. The Hall–Kier alpha value is 0.210. The van der Waals surface area contributed by atoms with Gasteiger partial charge in [0, 0.05) is 0 Å². The van der Waals surface area contributed by atoms with Crippen LogP contribution < -0.4 is 0 Å². The lowest BCUT2D eigenvalue weighted by molar-refractivity contribution is 0.151. The molecule has 0 saturated carbocycles. The summed E-state index contributed by atoms with van der Waals surface area (Å²) in [5, 5.41) is -0.787. The van der Waals surface area contributed by atoms with Gasteiger partial charge in [-0.2, -0.15) is 12.6 Å². The van der Waals surface area contributed by atoms with Gasteiger partial charge >= 0.3 is 0 Å². The van der Waals surface area contributed by atoms with E-state index >= 15 is 0 Å². The minimum absolute atomic E-state index is 0.787. The molecule has 0 bridgehead atoms. The highest BCUT2D eigenvalue weighted by Gasteiger charge is 2.06. The first-order valence-electron chi connectivity index (χ1n) is 1.61. The quantitative estimate of drug-likeness (QED) is 0.489. The van der Waals surface area contributed by atoms with Gasteiger partial charge in [0.25, 0.3) is 0 Å². The summed E-state index contributed by atoms with van der Waals surface area (Å²) >= 11 is 3.44. The molecule has 0 unspecified atom stereocenters. The van der Waals surface area contributed by atoms with Crippen molar-refractivity contribution in [2.24, 2.45) is 0 Å². The number of thiol groups is 1. The van der Waals surface area contributed by atoms with Crippen LogP contribution in [0.2, 0.25) is 0 Å². The minimum Gasteiger partial charge on any atom is -0.209 e. The fraction of sp³-hybridized carbons (Fsp3) is 1.00. The molecule has 0 N–H and O–H groups in total. The van der Waals surface area contributed by atoms with Crippen LogP contribution in [-0.2, 0) is 0 Å². The van der Waals surface area contributed by atoms with Crippen LogP contribution in [0, 0.1) is 0 Å². The average Bonchev–Trinajstić information content (AvgIpc) is 1.36. The molecule has 0 spiro atoms. The van der Waals surface area contributed by atoms with Gasteiger partial charge in [0.05, 0.1) is 5.25 Å². The zero-order chi connectivity index (χ0) is 5.15. The summed E-state index contributed by atoms with van der Waals surface area (Å²) in [6.45, 7) is 1.35. The number of rotatable bonds is 1. The zero-order valence-corrected chi connectivity index (χ0v) is 4.25. The molecule has 0 radical (unpaired) electrons. The Labute approximate surface area is 41.0 Å². The molecule has 1 atom stereocenters. The second kappa shape index (κ2) is 2.39. The van der Waals surface area contributed by atoms with Gasteiger partial charge in [0.1, 0.15) is 0 Å². The second-order valence-electron chi connectivity index (χ2n) is 1.08. The first kappa shape index (κ1) is 6.21. The van der Waals surface area contributed by atoms with Gasteiger partial charge < -0.3 is 0 Å². The monoisotopic (exact) mass is 112 g/mol. The lowest BCUT2D eigenvalue weighted by atomic mass is 10.5. The van der Waals surface area contributed by atoms with Gasteiger partial charge in [0.15, 0.2) is 0 Å². The predicted octanol–water partition coefficient (Wildman–Crippen LogP) is 1.57. The molecular weight excluding hydrogens is 106 g/mol. The standard InChI is InChI=1S/C3H6F2S/c1-2(6)3(4)5/h2-3,6H,1H3/t2-/m1/s1. The number of halogens is 2. The molecule has 0 saturated heterocycles. The van der Waals surface area contributed by atoms with E-state index in [1.807, 2.05) is 0 Å². The largest absolute Gasteiger partial charge is 0.249 e. The Kier molecular flexibility index (Phi) is 2.48. The summed E-state index contributed by atoms with van der Waals surface area (Å²) in [6, 6.07) is 0. The lowest BCUT2D eigenvalue weighted by Crippen LogP contribution is -2.03. The molecule has 0 heterocycles. The number of hydrogen-bond donors (Lipinski definition) is 1. The second-order valence-corrected chi connectivity index (χ2v) is 1.89. The summed E-state index contributed by atoms with van der Waals surface area (Å²) in [4.78, 5) is 0. The maximum atomic E-state index is 11.1. The van der Waals surface area contributed by atoms with Crippen molar-refractivity contribution >= 4 is 12.6 Å². The Morgan fingerprint density at radius 1 is 1.50 bits per heavy atom. The lowest BCUT2D eigenvalue weighted by Gasteiger charge is -1.96. The molecule has 0 aliphatic heterocycles. The van der Waals surface area contributed by atoms with E-state index in [9.17, 15) is 8.78 Å². The Morgan fingerprint density at radius 2 is 1.67 bits per heavy atom. The molecule has 0 aliphatic carbocycles. The van der Waals surface area contributed by atoms with E-state index in [1.54, 1.807) is 0 Å². The van der Waals surface area contributed by atoms with Gasteiger partial charge in [-0.1, -0.05) is 0 Å². The third-order valence-electron chi connectivity index (χ3n) is 0.365. The Bertz CT molecular complexity index is 29.8. The third kappa shape index (κ3) is 2.45. The molecule has 0 rings (SSSR count). The van der Waals surface area contributed by atoms with E-state index in [0.717, 1.165) is 0 Å². The van der Waals surface area contributed by atoms with Gasteiger partial charge in [-0.05, 0) is 6.92 Å². The van der Waals surface area contributed by atoms with Crippen LogP contribution in [0.4, 0.5) is 8.78 Å². The molecule has 0 fully saturated rings. The van der Waals surface area contributed by atoms with Crippen molar-refractivity contribution in [3.8, 4) is 0 Å². The van der Waals surface area contributed by atoms with Gasteiger partial charge in [-0.3, -0.25) is 0 Å². The van der Waals surface area contributed by atoms with Gasteiger partial charge in [-0.15, -0.1) is 0 Å². The van der Waals surface area contributed by atoms with E-state index < -0.39 is 11.7 Å². The molecule has 3 heteroatoms. The van der Waals surface area contributed by atoms with E-state index in [0.29, 0.717) is 0 Å². The normalized spacial score (nSPS) is 15.5. The van der Waals surface area contributed by atoms with Crippen LogP contribution in [0.3, 0.4) is 0 Å². The molecule has 0 amide bonds. The highest BCUT2D eigenvalue weighted by Crippen LogP contribution is 2.04. The van der Waals surface area contributed by atoms with Crippen molar-refractivity contribution in [3.63, 3.8) is 0 Å². The van der Waals surface area contributed by atoms with E-state index in [4.69, 9.17) is 0 Å². The Morgan fingerprint density at radius 3 is 1.67 bits per heavy atom. The summed E-state index contributed by atoms with van der Waals surface area (Å²) in [6.07, 6.45) is -2.28. The van der Waals surface area contributed by atoms with Crippen LogP contribution in [0.5, 0.6) is 0 Å².